The van der Waals surface area contributed by atoms with E-state index in [1.54, 1.807) is 12.1 Å². The summed E-state index contributed by atoms with van der Waals surface area (Å²) in [6.45, 7) is 8.91. The molecule has 1 aliphatic rings. The zero-order valence-electron chi connectivity index (χ0n) is 11.9. The third kappa shape index (κ3) is 3.24. The molecule has 0 saturated heterocycles. The minimum atomic E-state index is -0.152. The Labute approximate surface area is 110 Å². The molecule has 0 radical (unpaired) electrons. The van der Waals surface area contributed by atoms with E-state index in [-0.39, 0.29) is 5.82 Å². The zero-order valence-corrected chi connectivity index (χ0v) is 11.9. The summed E-state index contributed by atoms with van der Waals surface area (Å²) in [4.78, 5) is 0. The third-order valence-electron chi connectivity index (χ3n) is 4.09. The van der Waals surface area contributed by atoms with Gasteiger partial charge in [-0.1, -0.05) is 20.8 Å². The number of nitrogens with one attached hydrogen (secondary N) is 1. The molecule has 1 nitrogen and oxygen atoms in total. The van der Waals surface area contributed by atoms with Crippen LogP contribution in [0.15, 0.2) is 18.2 Å². The maximum absolute atomic E-state index is 13.4. The molecule has 2 atom stereocenters. The highest BCUT2D eigenvalue weighted by atomic mass is 19.1. The van der Waals surface area contributed by atoms with Gasteiger partial charge in [0, 0.05) is 11.7 Å². The Hall–Kier alpha value is -1.05. The molecule has 18 heavy (non-hydrogen) atoms. The van der Waals surface area contributed by atoms with Crippen molar-refractivity contribution in [3.05, 3.63) is 29.6 Å². The molecule has 1 saturated carbocycles. The first kappa shape index (κ1) is 13.4. The van der Waals surface area contributed by atoms with Crippen molar-refractivity contribution in [2.75, 3.05) is 5.32 Å². The van der Waals surface area contributed by atoms with Crippen LogP contribution in [0.2, 0.25) is 0 Å². The molecule has 1 aromatic carbocycles. The van der Waals surface area contributed by atoms with Crippen molar-refractivity contribution in [3.8, 4) is 0 Å². The van der Waals surface area contributed by atoms with Crippen molar-refractivity contribution < 1.29 is 4.39 Å². The van der Waals surface area contributed by atoms with Crippen LogP contribution >= 0.6 is 0 Å². The van der Waals surface area contributed by atoms with E-state index in [1.165, 1.54) is 19.3 Å². The summed E-state index contributed by atoms with van der Waals surface area (Å²) in [5.74, 6) is 0.485. The van der Waals surface area contributed by atoms with E-state index in [1.807, 2.05) is 13.0 Å². The Morgan fingerprint density at radius 1 is 1.28 bits per heavy atom. The van der Waals surface area contributed by atoms with Gasteiger partial charge in [-0.05, 0) is 61.3 Å². The van der Waals surface area contributed by atoms with Crippen molar-refractivity contribution in [3.63, 3.8) is 0 Å². The van der Waals surface area contributed by atoms with Crippen molar-refractivity contribution in [2.24, 2.45) is 11.3 Å². The molecule has 2 unspecified atom stereocenters. The highest BCUT2D eigenvalue weighted by Crippen LogP contribution is 2.39. The third-order valence-corrected chi connectivity index (χ3v) is 4.09. The molecule has 1 aromatic rings. The first-order valence-corrected chi connectivity index (χ1v) is 6.89. The fourth-order valence-corrected chi connectivity index (χ4v) is 3.19. The quantitative estimate of drug-likeness (QED) is 0.796. The van der Waals surface area contributed by atoms with E-state index in [4.69, 9.17) is 0 Å². The van der Waals surface area contributed by atoms with Crippen LogP contribution in [-0.2, 0) is 0 Å². The van der Waals surface area contributed by atoms with E-state index < -0.39 is 0 Å². The summed E-state index contributed by atoms with van der Waals surface area (Å²) in [6.07, 6.45) is 3.64. The molecule has 0 bridgehead atoms. The van der Waals surface area contributed by atoms with E-state index in [2.05, 4.69) is 26.1 Å². The van der Waals surface area contributed by atoms with Gasteiger partial charge in [0.1, 0.15) is 5.82 Å². The minimum absolute atomic E-state index is 0.152. The lowest BCUT2D eigenvalue weighted by molar-refractivity contribution is 0.177. The second-order valence-corrected chi connectivity index (χ2v) is 6.65. The molecule has 0 aromatic heterocycles. The molecule has 0 heterocycles. The van der Waals surface area contributed by atoms with Gasteiger partial charge in [0.25, 0.3) is 0 Å². The molecule has 1 aliphatic carbocycles. The standard InChI is InChI=1S/C16H24FN/c1-11-7-13(17)9-14(8-11)18-15-5-6-16(3,4)10-12(15)2/h7-9,12,15,18H,5-6,10H2,1-4H3. The monoisotopic (exact) mass is 249 g/mol. The first-order valence-electron chi connectivity index (χ1n) is 6.89. The van der Waals surface area contributed by atoms with Gasteiger partial charge in [0.15, 0.2) is 0 Å². The molecule has 0 aliphatic heterocycles. The summed E-state index contributed by atoms with van der Waals surface area (Å²) in [5.41, 5.74) is 2.35. The molecule has 1 N–H and O–H groups in total. The van der Waals surface area contributed by atoms with E-state index in [0.717, 1.165) is 11.3 Å². The highest BCUT2D eigenvalue weighted by Gasteiger charge is 2.32. The summed E-state index contributed by atoms with van der Waals surface area (Å²) < 4.78 is 13.4. The Bertz CT molecular complexity index is 405. The second kappa shape index (κ2) is 4.91. The van der Waals surface area contributed by atoms with Gasteiger partial charge in [0.2, 0.25) is 0 Å². The van der Waals surface area contributed by atoms with Crippen LogP contribution in [-0.4, -0.2) is 6.04 Å². The van der Waals surface area contributed by atoms with Crippen molar-refractivity contribution in [1.29, 1.82) is 0 Å². The van der Waals surface area contributed by atoms with Crippen LogP contribution in [0.4, 0.5) is 10.1 Å². The van der Waals surface area contributed by atoms with Crippen LogP contribution in [0.25, 0.3) is 0 Å². The Balaban J connectivity index is 2.05. The predicted octanol–water partition coefficient (Wildman–Crippen LogP) is 4.76. The number of rotatable bonds is 2. The van der Waals surface area contributed by atoms with Gasteiger partial charge in [-0.15, -0.1) is 0 Å². The molecule has 1 fully saturated rings. The molecular weight excluding hydrogens is 225 g/mol. The Kier molecular flexibility index (Phi) is 3.65. The van der Waals surface area contributed by atoms with Crippen molar-refractivity contribution >= 4 is 5.69 Å². The molecule has 0 spiro atoms. The van der Waals surface area contributed by atoms with Crippen molar-refractivity contribution in [2.45, 2.75) is 53.0 Å². The largest absolute Gasteiger partial charge is 0.382 e. The molecule has 2 heteroatoms. The van der Waals surface area contributed by atoms with Gasteiger partial charge in [-0.25, -0.2) is 4.39 Å². The van der Waals surface area contributed by atoms with Gasteiger partial charge < -0.3 is 5.32 Å². The van der Waals surface area contributed by atoms with Gasteiger partial charge >= 0.3 is 0 Å². The molecule has 0 amide bonds. The maximum Gasteiger partial charge on any atom is 0.125 e. The number of hydrogen-bond acceptors (Lipinski definition) is 1. The summed E-state index contributed by atoms with van der Waals surface area (Å²) in [6, 6.07) is 5.66. The fraction of sp³-hybridized carbons (Fsp3) is 0.625. The Morgan fingerprint density at radius 3 is 2.61 bits per heavy atom. The number of benzene rings is 1. The number of aryl methyl sites for hydroxylation is 1. The van der Waals surface area contributed by atoms with E-state index >= 15 is 0 Å². The van der Waals surface area contributed by atoms with E-state index in [0.29, 0.717) is 17.4 Å². The Morgan fingerprint density at radius 2 is 2.00 bits per heavy atom. The van der Waals surface area contributed by atoms with Crippen LogP contribution in [0, 0.1) is 24.1 Å². The second-order valence-electron chi connectivity index (χ2n) is 6.65. The first-order chi connectivity index (χ1) is 8.35. The summed E-state index contributed by atoms with van der Waals surface area (Å²) >= 11 is 0. The van der Waals surface area contributed by atoms with Crippen LogP contribution in [0.3, 0.4) is 0 Å². The highest BCUT2D eigenvalue weighted by molar-refractivity contribution is 5.47. The van der Waals surface area contributed by atoms with Gasteiger partial charge in [-0.3, -0.25) is 0 Å². The number of anilines is 1. The van der Waals surface area contributed by atoms with Gasteiger partial charge in [0.05, 0.1) is 0 Å². The summed E-state index contributed by atoms with van der Waals surface area (Å²) in [7, 11) is 0. The lowest BCUT2D eigenvalue weighted by atomic mass is 9.70. The lowest BCUT2D eigenvalue weighted by Gasteiger charge is -2.40. The van der Waals surface area contributed by atoms with Crippen LogP contribution < -0.4 is 5.32 Å². The average Bonchev–Trinajstić information content (AvgIpc) is 2.20. The normalized spacial score (nSPS) is 26.9. The van der Waals surface area contributed by atoms with Gasteiger partial charge in [-0.2, -0.15) is 0 Å². The SMILES string of the molecule is Cc1cc(F)cc(NC2CCC(C)(C)CC2C)c1. The maximum atomic E-state index is 13.4. The topological polar surface area (TPSA) is 12.0 Å². The zero-order chi connectivity index (χ0) is 13.3. The molecule has 2 rings (SSSR count). The van der Waals surface area contributed by atoms with Crippen LogP contribution in [0.1, 0.15) is 45.6 Å². The smallest absolute Gasteiger partial charge is 0.125 e. The lowest BCUT2D eigenvalue weighted by Crippen LogP contribution is -2.36. The van der Waals surface area contributed by atoms with Crippen LogP contribution in [0.5, 0.6) is 0 Å². The number of hydrogen-bond donors (Lipinski definition) is 1. The minimum Gasteiger partial charge on any atom is -0.382 e. The number of halogens is 1. The molecular formula is C16H24FN. The average molecular weight is 249 g/mol. The fourth-order valence-electron chi connectivity index (χ4n) is 3.19. The van der Waals surface area contributed by atoms with E-state index in [9.17, 15) is 4.39 Å². The predicted molar refractivity (Wildman–Crippen MR) is 75.3 cm³/mol. The van der Waals surface area contributed by atoms with Crippen molar-refractivity contribution in [1.82, 2.24) is 0 Å². The summed E-state index contributed by atoms with van der Waals surface area (Å²) in [5, 5.41) is 3.51. The molecule has 100 valence electrons.